The highest BCUT2D eigenvalue weighted by atomic mass is 32.1. The van der Waals surface area contributed by atoms with Gasteiger partial charge in [-0.15, -0.1) is 11.3 Å². The molecule has 3 rings (SSSR count). The first-order valence-electron chi connectivity index (χ1n) is 9.83. The Morgan fingerprint density at radius 1 is 1.33 bits per heavy atom. The molecule has 1 aromatic heterocycles. The second kappa shape index (κ2) is 8.85. The van der Waals surface area contributed by atoms with Crippen LogP contribution in [0.25, 0.3) is 0 Å². The smallest absolute Gasteiger partial charge is 0.258 e. The zero-order valence-corrected chi connectivity index (χ0v) is 16.5. The molecule has 1 aliphatic carbocycles. The third-order valence-electron chi connectivity index (χ3n) is 5.73. The Labute approximate surface area is 164 Å². The molecule has 2 amide bonds. The maximum absolute atomic E-state index is 12.4. The number of nitrogens with zero attached hydrogens (tertiary/aromatic N) is 2. The Morgan fingerprint density at radius 2 is 2.11 bits per heavy atom. The third-order valence-corrected chi connectivity index (χ3v) is 6.81. The Bertz CT molecular complexity index is 720. The first-order chi connectivity index (χ1) is 13.0. The van der Waals surface area contributed by atoms with E-state index in [0.717, 1.165) is 17.8 Å². The first-order valence-corrected chi connectivity index (χ1v) is 10.6. The summed E-state index contributed by atoms with van der Waals surface area (Å²) in [5.74, 6) is 0.251. The van der Waals surface area contributed by atoms with Gasteiger partial charge in [0.2, 0.25) is 5.91 Å². The number of amides is 2. The number of hydrogen-bond acceptors (Lipinski definition) is 5. The molecule has 0 bridgehead atoms. The molecule has 1 atom stereocenters. The predicted octanol–water partition coefficient (Wildman–Crippen LogP) is 2.79. The normalized spacial score (nSPS) is 23.8. The van der Waals surface area contributed by atoms with Crippen LogP contribution in [0.5, 0.6) is 0 Å². The monoisotopic (exact) mass is 388 g/mol. The van der Waals surface area contributed by atoms with Crippen molar-refractivity contribution in [2.24, 2.45) is 11.7 Å². The van der Waals surface area contributed by atoms with Crippen LogP contribution >= 0.6 is 11.3 Å². The summed E-state index contributed by atoms with van der Waals surface area (Å²) in [4.78, 5) is 27.4. The van der Waals surface area contributed by atoms with Gasteiger partial charge in [0.1, 0.15) is 5.54 Å². The molecule has 7 heteroatoms. The van der Waals surface area contributed by atoms with Crippen LogP contribution in [0.15, 0.2) is 12.1 Å². The van der Waals surface area contributed by atoms with Crippen molar-refractivity contribution in [1.82, 2.24) is 10.2 Å². The molecule has 1 saturated heterocycles. The lowest BCUT2D eigenvalue weighted by molar-refractivity contribution is -0.122. The SMILES string of the molecule is N#CC1(NC(=O)CCC2CCCCC2)CCN(Cc2ccc(C(N)=O)s2)C1. The van der Waals surface area contributed by atoms with Crippen LogP contribution in [-0.4, -0.2) is 35.3 Å². The van der Waals surface area contributed by atoms with E-state index >= 15 is 0 Å². The Balaban J connectivity index is 1.49. The van der Waals surface area contributed by atoms with Crippen LogP contribution in [0.3, 0.4) is 0 Å². The number of carbonyl (C=O) groups excluding carboxylic acids is 2. The van der Waals surface area contributed by atoms with Crippen molar-refractivity contribution in [3.63, 3.8) is 0 Å². The molecular formula is C20H28N4O2S. The van der Waals surface area contributed by atoms with Crippen LogP contribution in [0.2, 0.25) is 0 Å². The van der Waals surface area contributed by atoms with E-state index in [1.54, 1.807) is 6.07 Å². The van der Waals surface area contributed by atoms with Gasteiger partial charge in [-0.1, -0.05) is 32.1 Å². The highest BCUT2D eigenvalue weighted by Gasteiger charge is 2.39. The zero-order chi connectivity index (χ0) is 19.3. The average Bonchev–Trinajstić information content (AvgIpc) is 3.29. The summed E-state index contributed by atoms with van der Waals surface area (Å²) in [5, 5.41) is 12.7. The summed E-state index contributed by atoms with van der Waals surface area (Å²) in [5.41, 5.74) is 4.51. The van der Waals surface area contributed by atoms with Crippen molar-refractivity contribution in [3.8, 4) is 6.07 Å². The van der Waals surface area contributed by atoms with Gasteiger partial charge < -0.3 is 11.1 Å². The van der Waals surface area contributed by atoms with Gasteiger partial charge in [-0.25, -0.2) is 0 Å². The minimum Gasteiger partial charge on any atom is -0.365 e. The van der Waals surface area contributed by atoms with E-state index in [-0.39, 0.29) is 5.91 Å². The minimum absolute atomic E-state index is 0.00360. The molecule has 3 N–H and O–H groups in total. The van der Waals surface area contributed by atoms with Crippen LogP contribution in [0, 0.1) is 17.2 Å². The Kier molecular flexibility index (Phi) is 6.51. The number of nitrogens with one attached hydrogen (secondary N) is 1. The zero-order valence-electron chi connectivity index (χ0n) is 15.7. The number of likely N-dealkylation sites (tertiary alicyclic amines) is 1. The van der Waals surface area contributed by atoms with Crippen LogP contribution in [0.1, 0.15) is 65.9 Å². The third kappa shape index (κ3) is 5.30. The molecular weight excluding hydrogens is 360 g/mol. The number of primary amides is 1. The van der Waals surface area contributed by atoms with E-state index in [1.807, 2.05) is 6.07 Å². The van der Waals surface area contributed by atoms with Crippen molar-refractivity contribution in [1.29, 1.82) is 5.26 Å². The van der Waals surface area contributed by atoms with E-state index < -0.39 is 11.4 Å². The fraction of sp³-hybridized carbons (Fsp3) is 0.650. The van der Waals surface area contributed by atoms with E-state index in [2.05, 4.69) is 16.3 Å². The maximum Gasteiger partial charge on any atom is 0.258 e. The number of carbonyl (C=O) groups is 2. The molecule has 0 spiro atoms. The lowest BCUT2D eigenvalue weighted by Gasteiger charge is -2.25. The number of thiophene rings is 1. The predicted molar refractivity (Wildman–Crippen MR) is 105 cm³/mol. The maximum atomic E-state index is 12.4. The summed E-state index contributed by atoms with van der Waals surface area (Å²) < 4.78 is 0. The van der Waals surface area contributed by atoms with E-state index in [1.165, 1.54) is 43.4 Å². The van der Waals surface area contributed by atoms with Gasteiger partial charge in [0, 0.05) is 30.9 Å². The van der Waals surface area contributed by atoms with Gasteiger partial charge in [-0.2, -0.15) is 5.26 Å². The number of hydrogen-bond donors (Lipinski definition) is 2. The molecule has 0 aromatic carbocycles. The molecule has 1 aromatic rings. The molecule has 146 valence electrons. The number of nitriles is 1. The van der Waals surface area contributed by atoms with Gasteiger partial charge in [0.05, 0.1) is 10.9 Å². The van der Waals surface area contributed by atoms with Crippen molar-refractivity contribution >= 4 is 23.2 Å². The average molecular weight is 389 g/mol. The molecule has 1 saturated carbocycles. The molecule has 6 nitrogen and oxygen atoms in total. The van der Waals surface area contributed by atoms with Crippen LogP contribution < -0.4 is 11.1 Å². The van der Waals surface area contributed by atoms with Crippen molar-refractivity contribution in [2.75, 3.05) is 13.1 Å². The van der Waals surface area contributed by atoms with E-state index in [4.69, 9.17) is 5.73 Å². The molecule has 2 heterocycles. The Hall–Kier alpha value is -1.91. The summed E-state index contributed by atoms with van der Waals surface area (Å²) >= 11 is 1.39. The molecule has 0 radical (unpaired) electrons. The molecule has 2 aliphatic rings. The molecule has 2 fully saturated rings. The standard InChI is InChI=1S/C20H28N4O2S/c21-13-20(23-18(25)9-6-15-4-2-1-3-5-15)10-11-24(14-20)12-16-7-8-17(27-16)19(22)26/h7-8,15H,1-6,9-12,14H2,(H2,22,26)(H,23,25). The highest BCUT2D eigenvalue weighted by molar-refractivity contribution is 7.14. The fourth-order valence-electron chi connectivity index (χ4n) is 4.20. The fourth-order valence-corrected chi connectivity index (χ4v) is 5.10. The van der Waals surface area contributed by atoms with Gasteiger partial charge in [0.25, 0.3) is 5.91 Å². The minimum atomic E-state index is -0.798. The Morgan fingerprint density at radius 3 is 2.78 bits per heavy atom. The second-order valence-electron chi connectivity index (χ2n) is 7.88. The van der Waals surface area contributed by atoms with Crippen molar-refractivity contribution < 1.29 is 9.59 Å². The number of rotatable bonds is 7. The van der Waals surface area contributed by atoms with Crippen LogP contribution in [-0.2, 0) is 11.3 Å². The topological polar surface area (TPSA) is 99.2 Å². The highest BCUT2D eigenvalue weighted by Crippen LogP contribution is 2.28. The largest absolute Gasteiger partial charge is 0.365 e. The molecule has 27 heavy (non-hydrogen) atoms. The quantitative estimate of drug-likeness (QED) is 0.750. The van der Waals surface area contributed by atoms with E-state index in [9.17, 15) is 14.9 Å². The van der Waals surface area contributed by atoms with Gasteiger partial charge in [0.15, 0.2) is 0 Å². The van der Waals surface area contributed by atoms with Crippen molar-refractivity contribution in [2.45, 2.75) is 63.5 Å². The summed E-state index contributed by atoms with van der Waals surface area (Å²) in [7, 11) is 0. The van der Waals surface area contributed by atoms with E-state index in [0.29, 0.717) is 36.7 Å². The lowest BCUT2D eigenvalue weighted by Crippen LogP contribution is -2.49. The van der Waals surface area contributed by atoms with Gasteiger partial charge >= 0.3 is 0 Å². The first kappa shape index (κ1) is 19.8. The molecule has 1 unspecified atom stereocenters. The number of nitrogens with two attached hydrogens (primary N) is 1. The second-order valence-corrected chi connectivity index (χ2v) is 9.04. The van der Waals surface area contributed by atoms with Gasteiger partial charge in [-0.3, -0.25) is 14.5 Å². The molecule has 1 aliphatic heterocycles. The summed E-state index contributed by atoms with van der Waals surface area (Å²) in [6.07, 6.45) is 8.43. The summed E-state index contributed by atoms with van der Waals surface area (Å²) in [6.45, 7) is 1.93. The summed E-state index contributed by atoms with van der Waals surface area (Å²) in [6, 6.07) is 5.98. The van der Waals surface area contributed by atoms with Crippen molar-refractivity contribution in [3.05, 3.63) is 21.9 Å². The lowest BCUT2D eigenvalue weighted by atomic mass is 9.86. The van der Waals surface area contributed by atoms with Gasteiger partial charge in [-0.05, 0) is 30.9 Å². The van der Waals surface area contributed by atoms with Crippen LogP contribution in [0.4, 0.5) is 0 Å².